The first kappa shape index (κ1) is 15.8. The van der Waals surface area contributed by atoms with Crippen LogP contribution in [0, 0.1) is 5.82 Å². The minimum Gasteiger partial charge on any atom is -0.484 e. The summed E-state index contributed by atoms with van der Waals surface area (Å²) in [4.78, 5) is 13.7. The molecular formula is C17H19FN2O2. The SMILES string of the molecule is CN(C)c1ccc(CNC(=O)COc2cccc(F)c2)cc1. The van der Waals surface area contributed by atoms with E-state index in [1.807, 2.05) is 43.3 Å². The van der Waals surface area contributed by atoms with Gasteiger partial charge >= 0.3 is 0 Å². The van der Waals surface area contributed by atoms with Crippen molar-refractivity contribution in [3.05, 3.63) is 59.9 Å². The molecule has 22 heavy (non-hydrogen) atoms. The average Bonchev–Trinajstić information content (AvgIpc) is 2.51. The van der Waals surface area contributed by atoms with Gasteiger partial charge in [0.25, 0.3) is 5.91 Å². The Balaban J connectivity index is 1.77. The molecule has 4 nitrogen and oxygen atoms in total. The highest BCUT2D eigenvalue weighted by molar-refractivity contribution is 5.77. The number of carbonyl (C=O) groups is 1. The van der Waals surface area contributed by atoms with Gasteiger partial charge in [0, 0.05) is 32.4 Å². The van der Waals surface area contributed by atoms with E-state index < -0.39 is 0 Å². The van der Waals surface area contributed by atoms with Crippen molar-refractivity contribution >= 4 is 11.6 Å². The number of carbonyl (C=O) groups excluding carboxylic acids is 1. The number of halogens is 1. The maximum absolute atomic E-state index is 13.0. The third-order valence-corrected chi connectivity index (χ3v) is 3.11. The smallest absolute Gasteiger partial charge is 0.258 e. The highest BCUT2D eigenvalue weighted by atomic mass is 19.1. The van der Waals surface area contributed by atoms with E-state index in [1.54, 1.807) is 6.07 Å². The quantitative estimate of drug-likeness (QED) is 0.892. The van der Waals surface area contributed by atoms with Crippen molar-refractivity contribution in [3.63, 3.8) is 0 Å². The Labute approximate surface area is 129 Å². The molecule has 2 rings (SSSR count). The van der Waals surface area contributed by atoms with Gasteiger partial charge in [-0.25, -0.2) is 4.39 Å². The molecule has 0 fully saturated rings. The fraction of sp³-hybridized carbons (Fsp3) is 0.235. The Morgan fingerprint density at radius 1 is 1.18 bits per heavy atom. The molecule has 116 valence electrons. The van der Waals surface area contributed by atoms with E-state index in [9.17, 15) is 9.18 Å². The Kier molecular flexibility index (Phi) is 5.36. The number of ether oxygens (including phenoxy) is 1. The van der Waals surface area contributed by atoms with E-state index in [0.29, 0.717) is 12.3 Å². The summed E-state index contributed by atoms with van der Waals surface area (Å²) in [6.07, 6.45) is 0. The number of nitrogens with one attached hydrogen (secondary N) is 1. The third kappa shape index (κ3) is 4.77. The third-order valence-electron chi connectivity index (χ3n) is 3.11. The van der Waals surface area contributed by atoms with Gasteiger partial charge in [0.2, 0.25) is 0 Å². The largest absolute Gasteiger partial charge is 0.484 e. The lowest BCUT2D eigenvalue weighted by molar-refractivity contribution is -0.123. The van der Waals surface area contributed by atoms with Gasteiger partial charge in [-0.2, -0.15) is 0 Å². The van der Waals surface area contributed by atoms with Gasteiger partial charge in [-0.15, -0.1) is 0 Å². The number of nitrogens with zero attached hydrogens (tertiary/aromatic N) is 1. The molecular weight excluding hydrogens is 283 g/mol. The minimum atomic E-state index is -0.390. The van der Waals surface area contributed by atoms with Crippen LogP contribution in [0.3, 0.4) is 0 Å². The van der Waals surface area contributed by atoms with Crippen LogP contribution in [0.25, 0.3) is 0 Å². The lowest BCUT2D eigenvalue weighted by Crippen LogP contribution is -2.28. The average molecular weight is 302 g/mol. The molecule has 0 aliphatic heterocycles. The highest BCUT2D eigenvalue weighted by Crippen LogP contribution is 2.13. The van der Waals surface area contributed by atoms with Crippen LogP contribution < -0.4 is 15.0 Å². The molecule has 0 bridgehead atoms. The molecule has 0 saturated carbocycles. The second kappa shape index (κ2) is 7.45. The van der Waals surface area contributed by atoms with Crippen molar-refractivity contribution in [1.82, 2.24) is 5.32 Å². The number of benzene rings is 2. The van der Waals surface area contributed by atoms with Gasteiger partial charge in [0.15, 0.2) is 6.61 Å². The van der Waals surface area contributed by atoms with E-state index >= 15 is 0 Å². The highest BCUT2D eigenvalue weighted by Gasteiger charge is 2.04. The summed E-state index contributed by atoms with van der Waals surface area (Å²) in [5, 5.41) is 2.76. The Hall–Kier alpha value is -2.56. The van der Waals surface area contributed by atoms with Crippen LogP contribution in [-0.4, -0.2) is 26.6 Å². The molecule has 2 aromatic carbocycles. The predicted molar refractivity (Wildman–Crippen MR) is 84.5 cm³/mol. The van der Waals surface area contributed by atoms with E-state index in [4.69, 9.17) is 4.74 Å². The van der Waals surface area contributed by atoms with Gasteiger partial charge < -0.3 is 15.0 Å². The lowest BCUT2D eigenvalue weighted by Gasteiger charge is -2.13. The monoisotopic (exact) mass is 302 g/mol. The van der Waals surface area contributed by atoms with E-state index in [-0.39, 0.29) is 18.3 Å². The summed E-state index contributed by atoms with van der Waals surface area (Å²) in [7, 11) is 3.95. The van der Waals surface area contributed by atoms with Crippen LogP contribution in [0.1, 0.15) is 5.56 Å². The lowest BCUT2D eigenvalue weighted by atomic mass is 10.2. The van der Waals surface area contributed by atoms with Crippen LogP contribution in [0.15, 0.2) is 48.5 Å². The van der Waals surface area contributed by atoms with E-state index in [2.05, 4.69) is 5.32 Å². The van der Waals surface area contributed by atoms with Gasteiger partial charge in [-0.1, -0.05) is 18.2 Å². The maximum Gasteiger partial charge on any atom is 0.258 e. The zero-order valence-electron chi connectivity index (χ0n) is 12.7. The van der Waals surface area contributed by atoms with Crippen LogP contribution in [0.4, 0.5) is 10.1 Å². The summed E-state index contributed by atoms with van der Waals surface area (Å²) in [6, 6.07) is 13.6. The molecule has 0 spiro atoms. The fourth-order valence-corrected chi connectivity index (χ4v) is 1.87. The molecule has 0 aromatic heterocycles. The molecule has 0 radical (unpaired) electrons. The minimum absolute atomic E-state index is 0.140. The fourth-order valence-electron chi connectivity index (χ4n) is 1.87. The number of anilines is 1. The second-order valence-electron chi connectivity index (χ2n) is 5.08. The summed E-state index contributed by atoms with van der Waals surface area (Å²) >= 11 is 0. The Morgan fingerprint density at radius 3 is 2.55 bits per heavy atom. The van der Waals surface area contributed by atoms with Crippen LogP contribution >= 0.6 is 0 Å². The summed E-state index contributed by atoms with van der Waals surface area (Å²) < 4.78 is 18.2. The summed E-state index contributed by atoms with van der Waals surface area (Å²) in [5.74, 6) is -0.301. The van der Waals surface area contributed by atoms with Crippen LogP contribution in [-0.2, 0) is 11.3 Å². The van der Waals surface area contributed by atoms with Gasteiger partial charge in [0.1, 0.15) is 11.6 Å². The van der Waals surface area contributed by atoms with Crippen molar-refractivity contribution in [2.24, 2.45) is 0 Å². The molecule has 1 N–H and O–H groups in total. The zero-order valence-corrected chi connectivity index (χ0v) is 12.7. The summed E-state index contributed by atoms with van der Waals surface area (Å²) in [5.41, 5.74) is 2.11. The molecule has 5 heteroatoms. The first-order chi connectivity index (χ1) is 10.5. The van der Waals surface area contributed by atoms with Gasteiger partial charge in [0.05, 0.1) is 0 Å². The first-order valence-electron chi connectivity index (χ1n) is 6.96. The van der Waals surface area contributed by atoms with Crippen LogP contribution in [0.2, 0.25) is 0 Å². The normalized spacial score (nSPS) is 10.1. The van der Waals surface area contributed by atoms with Crippen molar-refractivity contribution < 1.29 is 13.9 Å². The Bertz CT molecular complexity index is 627. The molecule has 0 aliphatic carbocycles. The predicted octanol–water partition coefficient (Wildman–Crippen LogP) is 2.59. The van der Waals surface area contributed by atoms with Crippen molar-refractivity contribution in [2.75, 3.05) is 25.6 Å². The Morgan fingerprint density at radius 2 is 1.91 bits per heavy atom. The topological polar surface area (TPSA) is 41.6 Å². The molecule has 0 saturated heterocycles. The van der Waals surface area contributed by atoms with Crippen molar-refractivity contribution in [1.29, 1.82) is 0 Å². The molecule has 0 aliphatic rings. The second-order valence-corrected chi connectivity index (χ2v) is 5.08. The zero-order chi connectivity index (χ0) is 15.9. The van der Waals surface area contributed by atoms with Crippen LogP contribution in [0.5, 0.6) is 5.75 Å². The van der Waals surface area contributed by atoms with Crippen molar-refractivity contribution in [2.45, 2.75) is 6.54 Å². The van der Waals surface area contributed by atoms with E-state index in [0.717, 1.165) is 11.3 Å². The molecule has 2 aromatic rings. The maximum atomic E-state index is 13.0. The molecule has 0 unspecified atom stereocenters. The first-order valence-corrected chi connectivity index (χ1v) is 6.96. The number of rotatable bonds is 6. The summed E-state index contributed by atoms with van der Waals surface area (Å²) in [6.45, 7) is 0.290. The van der Waals surface area contributed by atoms with E-state index in [1.165, 1.54) is 18.2 Å². The molecule has 1 amide bonds. The number of hydrogen-bond acceptors (Lipinski definition) is 3. The standard InChI is InChI=1S/C17H19FN2O2/c1-20(2)15-8-6-13(7-9-15)11-19-17(21)12-22-16-5-3-4-14(18)10-16/h3-10H,11-12H2,1-2H3,(H,19,21). The molecule has 0 heterocycles. The number of hydrogen-bond donors (Lipinski definition) is 1. The number of amides is 1. The molecule has 0 atom stereocenters. The van der Waals surface area contributed by atoms with Crippen molar-refractivity contribution in [3.8, 4) is 5.75 Å². The van der Waals surface area contributed by atoms with Gasteiger partial charge in [-0.3, -0.25) is 4.79 Å². The van der Waals surface area contributed by atoms with Gasteiger partial charge in [-0.05, 0) is 29.8 Å².